The molecule has 0 spiro atoms. The summed E-state index contributed by atoms with van der Waals surface area (Å²) >= 11 is 0. The Morgan fingerprint density at radius 1 is 1.56 bits per heavy atom. The maximum atomic E-state index is 10.7. The number of hydrogen-bond acceptors (Lipinski definition) is 2. The van der Waals surface area contributed by atoms with Crippen LogP contribution in [0.1, 0.15) is 32.6 Å². The minimum absolute atomic E-state index is 0.0278. The minimum Gasteiger partial charge on any atom is -0.463 e. The van der Waals surface area contributed by atoms with E-state index in [1.54, 1.807) is 0 Å². The van der Waals surface area contributed by atoms with Gasteiger partial charge in [0.25, 0.3) is 0 Å². The molecule has 0 N–H and O–H groups in total. The Balaban J connectivity index is 2.37. The van der Waals surface area contributed by atoms with Gasteiger partial charge >= 0.3 is 5.97 Å². The quantitative estimate of drug-likeness (QED) is 0.462. The average molecular weight is 128 g/mol. The SMILES string of the molecule is C[C@@H]1CCCCC(=O)O1. The van der Waals surface area contributed by atoms with Crippen LogP contribution in [0.5, 0.6) is 0 Å². The summed E-state index contributed by atoms with van der Waals surface area (Å²) in [6, 6.07) is 0. The fourth-order valence-electron chi connectivity index (χ4n) is 1.04. The molecule has 0 aromatic rings. The van der Waals surface area contributed by atoms with Crippen molar-refractivity contribution < 1.29 is 9.53 Å². The molecule has 0 aliphatic carbocycles. The number of carbonyl (C=O) groups is 1. The highest BCUT2D eigenvalue weighted by atomic mass is 16.5. The highest BCUT2D eigenvalue weighted by Gasteiger charge is 2.12. The molecule has 52 valence electrons. The molecule has 1 rings (SSSR count). The van der Waals surface area contributed by atoms with Gasteiger partial charge in [-0.25, -0.2) is 0 Å². The van der Waals surface area contributed by atoms with E-state index in [0.29, 0.717) is 6.42 Å². The predicted octanol–water partition coefficient (Wildman–Crippen LogP) is 1.49. The first-order chi connectivity index (χ1) is 4.29. The Labute approximate surface area is 55.2 Å². The highest BCUT2D eigenvalue weighted by molar-refractivity contribution is 5.69. The number of ether oxygens (including phenoxy) is 1. The van der Waals surface area contributed by atoms with Crippen molar-refractivity contribution in [3.63, 3.8) is 0 Å². The second kappa shape index (κ2) is 2.85. The van der Waals surface area contributed by atoms with Gasteiger partial charge in [0.1, 0.15) is 0 Å². The Kier molecular flexibility index (Phi) is 2.09. The summed E-state index contributed by atoms with van der Waals surface area (Å²) < 4.78 is 4.97. The number of carbonyl (C=O) groups excluding carboxylic acids is 1. The molecule has 1 fully saturated rings. The summed E-state index contributed by atoms with van der Waals surface area (Å²) in [7, 11) is 0. The summed E-state index contributed by atoms with van der Waals surface area (Å²) in [4.78, 5) is 10.7. The third-order valence-corrected chi connectivity index (χ3v) is 1.57. The molecular weight excluding hydrogens is 116 g/mol. The van der Waals surface area contributed by atoms with E-state index >= 15 is 0 Å². The van der Waals surface area contributed by atoms with Gasteiger partial charge in [0.15, 0.2) is 0 Å². The van der Waals surface area contributed by atoms with E-state index in [4.69, 9.17) is 4.74 Å². The van der Waals surface area contributed by atoms with Crippen LogP contribution in [0.4, 0.5) is 0 Å². The van der Waals surface area contributed by atoms with Crippen molar-refractivity contribution >= 4 is 5.97 Å². The third-order valence-electron chi connectivity index (χ3n) is 1.57. The van der Waals surface area contributed by atoms with Gasteiger partial charge in [0.2, 0.25) is 0 Å². The summed E-state index contributed by atoms with van der Waals surface area (Å²) in [5.74, 6) is -0.0278. The fraction of sp³-hybridized carbons (Fsp3) is 0.857. The normalized spacial score (nSPS) is 29.0. The molecule has 2 nitrogen and oxygen atoms in total. The topological polar surface area (TPSA) is 26.3 Å². The van der Waals surface area contributed by atoms with Gasteiger partial charge < -0.3 is 4.74 Å². The molecule has 0 aromatic carbocycles. The third kappa shape index (κ3) is 2.04. The van der Waals surface area contributed by atoms with Crippen LogP contribution in [-0.4, -0.2) is 12.1 Å². The van der Waals surface area contributed by atoms with Crippen molar-refractivity contribution in [3.05, 3.63) is 0 Å². The lowest BCUT2D eigenvalue weighted by molar-refractivity contribution is -0.147. The van der Waals surface area contributed by atoms with Crippen molar-refractivity contribution in [1.82, 2.24) is 0 Å². The minimum atomic E-state index is -0.0278. The highest BCUT2D eigenvalue weighted by Crippen LogP contribution is 2.12. The number of hydrogen-bond donors (Lipinski definition) is 0. The van der Waals surface area contributed by atoms with E-state index in [9.17, 15) is 4.79 Å². The molecule has 1 aliphatic rings. The molecular formula is C7H12O2. The zero-order chi connectivity index (χ0) is 6.69. The van der Waals surface area contributed by atoms with Crippen LogP contribution >= 0.6 is 0 Å². The van der Waals surface area contributed by atoms with Crippen molar-refractivity contribution in [2.75, 3.05) is 0 Å². The average Bonchev–Trinajstić information content (AvgIpc) is 1.93. The number of cyclic esters (lactones) is 1. The standard InChI is InChI=1S/C7H12O2/c1-6-4-2-3-5-7(8)9-6/h6H,2-5H2,1H3/t6-/m1/s1. The van der Waals surface area contributed by atoms with Gasteiger partial charge in [-0.05, 0) is 26.2 Å². The van der Waals surface area contributed by atoms with Crippen LogP contribution < -0.4 is 0 Å². The molecule has 0 amide bonds. The van der Waals surface area contributed by atoms with Gasteiger partial charge in [0, 0.05) is 6.42 Å². The van der Waals surface area contributed by atoms with Crippen LogP contribution in [0, 0.1) is 0 Å². The molecule has 1 saturated heterocycles. The van der Waals surface area contributed by atoms with Crippen LogP contribution in [0.3, 0.4) is 0 Å². The molecule has 0 aromatic heterocycles. The lowest BCUT2D eigenvalue weighted by Crippen LogP contribution is -2.10. The van der Waals surface area contributed by atoms with Gasteiger partial charge in [-0.15, -0.1) is 0 Å². The monoisotopic (exact) mass is 128 g/mol. The van der Waals surface area contributed by atoms with E-state index in [1.165, 1.54) is 0 Å². The van der Waals surface area contributed by atoms with E-state index in [0.717, 1.165) is 19.3 Å². The largest absolute Gasteiger partial charge is 0.463 e. The maximum Gasteiger partial charge on any atom is 0.306 e. The number of esters is 1. The summed E-state index contributed by atoms with van der Waals surface area (Å²) in [5, 5.41) is 0. The first kappa shape index (κ1) is 6.59. The Bertz CT molecular complexity index is 109. The Hall–Kier alpha value is -0.530. The van der Waals surface area contributed by atoms with Crippen molar-refractivity contribution in [2.45, 2.75) is 38.7 Å². The molecule has 1 atom stereocenters. The summed E-state index contributed by atoms with van der Waals surface area (Å²) in [6.07, 6.45) is 3.94. The van der Waals surface area contributed by atoms with Gasteiger partial charge in [-0.3, -0.25) is 4.79 Å². The zero-order valence-corrected chi connectivity index (χ0v) is 5.72. The van der Waals surface area contributed by atoms with Crippen LogP contribution in [0.25, 0.3) is 0 Å². The molecule has 1 aliphatic heterocycles. The van der Waals surface area contributed by atoms with Crippen molar-refractivity contribution in [2.24, 2.45) is 0 Å². The molecule has 0 unspecified atom stereocenters. The van der Waals surface area contributed by atoms with Crippen LogP contribution in [0.15, 0.2) is 0 Å². The molecule has 1 heterocycles. The summed E-state index contributed by atoms with van der Waals surface area (Å²) in [6.45, 7) is 1.95. The van der Waals surface area contributed by atoms with Gasteiger partial charge in [0.05, 0.1) is 6.10 Å². The van der Waals surface area contributed by atoms with E-state index in [-0.39, 0.29) is 12.1 Å². The first-order valence-corrected chi connectivity index (χ1v) is 3.48. The zero-order valence-electron chi connectivity index (χ0n) is 5.72. The second-order valence-electron chi connectivity index (χ2n) is 2.55. The Morgan fingerprint density at radius 3 is 3.11 bits per heavy atom. The first-order valence-electron chi connectivity index (χ1n) is 3.48. The lowest BCUT2D eigenvalue weighted by Gasteiger charge is -2.06. The maximum absolute atomic E-state index is 10.7. The second-order valence-corrected chi connectivity index (χ2v) is 2.55. The van der Waals surface area contributed by atoms with Gasteiger partial charge in [-0.2, -0.15) is 0 Å². The smallest absolute Gasteiger partial charge is 0.306 e. The Morgan fingerprint density at radius 2 is 2.33 bits per heavy atom. The molecule has 0 saturated carbocycles. The van der Waals surface area contributed by atoms with E-state index in [1.807, 2.05) is 6.92 Å². The van der Waals surface area contributed by atoms with Crippen LogP contribution in [-0.2, 0) is 9.53 Å². The molecule has 9 heavy (non-hydrogen) atoms. The molecule has 2 heteroatoms. The molecule has 0 bridgehead atoms. The number of rotatable bonds is 0. The fourth-order valence-corrected chi connectivity index (χ4v) is 1.04. The van der Waals surface area contributed by atoms with E-state index in [2.05, 4.69) is 0 Å². The van der Waals surface area contributed by atoms with Crippen LogP contribution in [0.2, 0.25) is 0 Å². The predicted molar refractivity (Wildman–Crippen MR) is 34.0 cm³/mol. The van der Waals surface area contributed by atoms with Gasteiger partial charge in [-0.1, -0.05) is 0 Å². The molecule has 0 radical (unpaired) electrons. The van der Waals surface area contributed by atoms with E-state index < -0.39 is 0 Å². The van der Waals surface area contributed by atoms with Crippen molar-refractivity contribution in [1.29, 1.82) is 0 Å². The lowest BCUT2D eigenvalue weighted by atomic mass is 10.2. The summed E-state index contributed by atoms with van der Waals surface area (Å²) in [5.41, 5.74) is 0. The van der Waals surface area contributed by atoms with Crippen molar-refractivity contribution in [3.8, 4) is 0 Å².